The SMILES string of the molecule is Cc1cc(Br)ccc1NC(=O)CN(C)CC(=O)NC(C)C. The van der Waals surface area contributed by atoms with Crippen molar-refractivity contribution in [2.45, 2.75) is 26.8 Å². The van der Waals surface area contributed by atoms with E-state index in [1.165, 1.54) is 0 Å². The van der Waals surface area contributed by atoms with Crippen molar-refractivity contribution in [2.75, 3.05) is 25.5 Å². The molecule has 0 saturated carbocycles. The van der Waals surface area contributed by atoms with Gasteiger partial charge < -0.3 is 10.6 Å². The highest BCUT2D eigenvalue weighted by Gasteiger charge is 2.12. The normalized spacial score (nSPS) is 10.8. The van der Waals surface area contributed by atoms with Gasteiger partial charge in [-0.25, -0.2) is 0 Å². The van der Waals surface area contributed by atoms with E-state index in [0.29, 0.717) is 0 Å². The average molecular weight is 356 g/mol. The van der Waals surface area contributed by atoms with E-state index in [-0.39, 0.29) is 30.9 Å². The summed E-state index contributed by atoms with van der Waals surface area (Å²) in [5, 5.41) is 5.64. The molecule has 0 spiro atoms. The highest BCUT2D eigenvalue weighted by atomic mass is 79.9. The molecule has 5 nitrogen and oxygen atoms in total. The van der Waals surface area contributed by atoms with Crippen molar-refractivity contribution in [2.24, 2.45) is 0 Å². The van der Waals surface area contributed by atoms with Crippen LogP contribution in [0.2, 0.25) is 0 Å². The predicted octanol–water partition coefficient (Wildman–Crippen LogP) is 2.15. The summed E-state index contributed by atoms with van der Waals surface area (Å²) >= 11 is 3.38. The predicted molar refractivity (Wildman–Crippen MR) is 88.3 cm³/mol. The van der Waals surface area contributed by atoms with E-state index in [4.69, 9.17) is 0 Å². The number of rotatable bonds is 6. The molecule has 1 aromatic carbocycles. The fourth-order valence-electron chi connectivity index (χ4n) is 1.87. The van der Waals surface area contributed by atoms with Gasteiger partial charge in [0, 0.05) is 16.2 Å². The first-order valence-electron chi connectivity index (χ1n) is 6.82. The van der Waals surface area contributed by atoms with E-state index < -0.39 is 0 Å². The number of nitrogens with zero attached hydrogens (tertiary/aromatic N) is 1. The third kappa shape index (κ3) is 6.73. The summed E-state index contributed by atoms with van der Waals surface area (Å²) in [4.78, 5) is 25.3. The lowest BCUT2D eigenvalue weighted by Gasteiger charge is -2.17. The molecular formula is C15H22BrN3O2. The van der Waals surface area contributed by atoms with Crippen LogP contribution in [0.1, 0.15) is 19.4 Å². The zero-order chi connectivity index (χ0) is 16.0. The number of amides is 2. The Labute approximate surface area is 134 Å². The molecule has 116 valence electrons. The molecule has 0 aromatic heterocycles. The average Bonchev–Trinajstić information content (AvgIpc) is 2.31. The minimum Gasteiger partial charge on any atom is -0.353 e. The molecule has 6 heteroatoms. The number of hydrogen-bond acceptors (Lipinski definition) is 3. The number of carbonyl (C=O) groups excluding carboxylic acids is 2. The molecule has 0 bridgehead atoms. The van der Waals surface area contributed by atoms with Crippen LogP contribution in [0.25, 0.3) is 0 Å². The maximum Gasteiger partial charge on any atom is 0.238 e. The first-order chi connectivity index (χ1) is 9.77. The minimum atomic E-state index is -0.139. The third-order valence-electron chi connectivity index (χ3n) is 2.74. The molecule has 2 amide bonds. The van der Waals surface area contributed by atoms with Gasteiger partial charge in [-0.1, -0.05) is 15.9 Å². The quantitative estimate of drug-likeness (QED) is 0.821. The van der Waals surface area contributed by atoms with Gasteiger partial charge in [-0.3, -0.25) is 14.5 Å². The van der Waals surface area contributed by atoms with Crippen LogP contribution in [0.3, 0.4) is 0 Å². The zero-order valence-electron chi connectivity index (χ0n) is 12.9. The second kappa shape index (κ2) is 8.14. The number of likely N-dealkylation sites (N-methyl/N-ethyl adjacent to an activating group) is 1. The maximum atomic E-state index is 12.0. The Morgan fingerprint density at radius 1 is 1.24 bits per heavy atom. The molecule has 1 rings (SSSR count). The Balaban J connectivity index is 2.47. The maximum absolute atomic E-state index is 12.0. The molecule has 0 unspecified atom stereocenters. The second-order valence-electron chi connectivity index (χ2n) is 5.40. The molecule has 21 heavy (non-hydrogen) atoms. The Morgan fingerprint density at radius 2 is 1.86 bits per heavy atom. The summed E-state index contributed by atoms with van der Waals surface area (Å²) < 4.78 is 0.973. The van der Waals surface area contributed by atoms with Crippen molar-refractivity contribution >= 4 is 33.4 Å². The van der Waals surface area contributed by atoms with Crippen molar-refractivity contribution in [3.63, 3.8) is 0 Å². The summed E-state index contributed by atoms with van der Waals surface area (Å²) in [5.74, 6) is -0.222. The van der Waals surface area contributed by atoms with Crippen LogP contribution in [-0.4, -0.2) is 42.9 Å². The van der Waals surface area contributed by atoms with Crippen LogP contribution in [0, 0.1) is 6.92 Å². The van der Waals surface area contributed by atoms with Crippen LogP contribution in [-0.2, 0) is 9.59 Å². The van der Waals surface area contributed by atoms with Gasteiger partial charge in [0.15, 0.2) is 0 Å². The number of halogens is 1. The number of benzene rings is 1. The van der Waals surface area contributed by atoms with Crippen LogP contribution < -0.4 is 10.6 Å². The van der Waals surface area contributed by atoms with E-state index in [2.05, 4.69) is 26.6 Å². The van der Waals surface area contributed by atoms with Crippen LogP contribution in [0.15, 0.2) is 22.7 Å². The fraction of sp³-hybridized carbons (Fsp3) is 0.467. The van der Waals surface area contributed by atoms with E-state index >= 15 is 0 Å². The van der Waals surface area contributed by atoms with Gasteiger partial charge in [0.1, 0.15) is 0 Å². The summed E-state index contributed by atoms with van der Waals surface area (Å²) in [6.45, 7) is 6.11. The van der Waals surface area contributed by atoms with E-state index in [9.17, 15) is 9.59 Å². The monoisotopic (exact) mass is 355 g/mol. The first kappa shape index (κ1) is 17.7. The van der Waals surface area contributed by atoms with Gasteiger partial charge >= 0.3 is 0 Å². The molecule has 0 aliphatic carbocycles. The van der Waals surface area contributed by atoms with Crippen molar-refractivity contribution in [1.82, 2.24) is 10.2 Å². The number of aryl methyl sites for hydroxylation is 1. The van der Waals surface area contributed by atoms with Gasteiger partial charge in [-0.2, -0.15) is 0 Å². The number of carbonyl (C=O) groups is 2. The van der Waals surface area contributed by atoms with Crippen LogP contribution in [0.4, 0.5) is 5.69 Å². The highest BCUT2D eigenvalue weighted by molar-refractivity contribution is 9.10. The van der Waals surface area contributed by atoms with Crippen molar-refractivity contribution in [3.05, 3.63) is 28.2 Å². The van der Waals surface area contributed by atoms with Crippen LogP contribution >= 0.6 is 15.9 Å². The molecule has 0 fully saturated rings. The van der Waals surface area contributed by atoms with E-state index in [0.717, 1.165) is 15.7 Å². The topological polar surface area (TPSA) is 61.4 Å². The van der Waals surface area contributed by atoms with Crippen molar-refractivity contribution < 1.29 is 9.59 Å². The standard InChI is InChI=1S/C15H22BrN3O2/c1-10(2)17-14(20)8-19(4)9-15(21)18-13-6-5-12(16)7-11(13)3/h5-7,10H,8-9H2,1-4H3,(H,17,20)(H,18,21). The van der Waals surface area contributed by atoms with Gasteiger partial charge in [-0.15, -0.1) is 0 Å². The number of nitrogens with one attached hydrogen (secondary N) is 2. The minimum absolute atomic E-state index is 0.0832. The second-order valence-corrected chi connectivity index (χ2v) is 6.32. The summed E-state index contributed by atoms with van der Waals surface area (Å²) in [5.41, 5.74) is 1.76. The van der Waals surface area contributed by atoms with Gasteiger partial charge in [0.2, 0.25) is 11.8 Å². The number of hydrogen-bond donors (Lipinski definition) is 2. The third-order valence-corrected chi connectivity index (χ3v) is 3.23. The van der Waals surface area contributed by atoms with Crippen LogP contribution in [0.5, 0.6) is 0 Å². The molecule has 1 aromatic rings. The molecule has 0 aliphatic heterocycles. The van der Waals surface area contributed by atoms with E-state index in [1.807, 2.05) is 39.0 Å². The first-order valence-corrected chi connectivity index (χ1v) is 7.61. The summed E-state index contributed by atoms with van der Waals surface area (Å²) in [6.07, 6.45) is 0. The fourth-order valence-corrected chi connectivity index (χ4v) is 2.35. The molecule has 0 aliphatic rings. The van der Waals surface area contributed by atoms with E-state index in [1.54, 1.807) is 11.9 Å². The zero-order valence-corrected chi connectivity index (χ0v) is 14.5. The molecule has 2 N–H and O–H groups in total. The lowest BCUT2D eigenvalue weighted by Crippen LogP contribution is -2.41. The lowest BCUT2D eigenvalue weighted by molar-refractivity contribution is -0.123. The smallest absolute Gasteiger partial charge is 0.238 e. The molecule has 0 heterocycles. The number of anilines is 1. The Hall–Kier alpha value is -1.40. The van der Waals surface area contributed by atoms with Gasteiger partial charge in [-0.05, 0) is 51.6 Å². The Morgan fingerprint density at radius 3 is 2.43 bits per heavy atom. The lowest BCUT2D eigenvalue weighted by atomic mass is 10.2. The van der Waals surface area contributed by atoms with Crippen molar-refractivity contribution in [3.8, 4) is 0 Å². The van der Waals surface area contributed by atoms with Crippen molar-refractivity contribution in [1.29, 1.82) is 0 Å². The van der Waals surface area contributed by atoms with Gasteiger partial charge in [0.05, 0.1) is 13.1 Å². The Bertz CT molecular complexity index is 518. The summed E-state index contributed by atoms with van der Waals surface area (Å²) in [6, 6.07) is 5.77. The molecule has 0 radical (unpaired) electrons. The Kier molecular flexibility index (Phi) is 6.84. The molecule has 0 saturated heterocycles. The largest absolute Gasteiger partial charge is 0.353 e. The molecular weight excluding hydrogens is 334 g/mol. The summed E-state index contributed by atoms with van der Waals surface area (Å²) in [7, 11) is 1.74. The highest BCUT2D eigenvalue weighted by Crippen LogP contribution is 2.19. The van der Waals surface area contributed by atoms with Gasteiger partial charge in [0.25, 0.3) is 0 Å². The molecule has 0 atom stereocenters.